The van der Waals surface area contributed by atoms with Crippen LogP contribution < -0.4 is 9.54 Å². The average molecular weight is 481 g/mol. The summed E-state index contributed by atoms with van der Waals surface area (Å²) in [6, 6.07) is 11.6. The normalized spacial score (nSPS) is 12.3. The number of aromatic nitrogens is 1. The largest absolute Gasteiger partial charge is 0.497 e. The number of allylic oxidation sites excluding steroid dienone is 1. The van der Waals surface area contributed by atoms with Crippen molar-refractivity contribution in [3.05, 3.63) is 64.4 Å². The van der Waals surface area contributed by atoms with E-state index in [9.17, 15) is 13.2 Å². The predicted molar refractivity (Wildman–Crippen MR) is 113 cm³/mol. The highest BCUT2D eigenvalue weighted by Crippen LogP contribution is 2.22. The number of sulfone groups is 1. The number of nitrogens with zero attached hydrogens (tertiary/aromatic N) is 2. The second-order valence-electron chi connectivity index (χ2n) is 5.84. The van der Waals surface area contributed by atoms with Crippen LogP contribution in [0.4, 0.5) is 0 Å². The number of carbonyl (C=O) groups excluding carboxylic acids is 1. The first kappa shape index (κ1) is 20.5. The van der Waals surface area contributed by atoms with E-state index in [2.05, 4.69) is 27.5 Å². The van der Waals surface area contributed by atoms with Crippen molar-refractivity contribution in [2.45, 2.75) is 11.4 Å². The maximum atomic E-state index is 12.5. The number of methoxy groups -OCH3 is 1. The zero-order valence-electron chi connectivity index (χ0n) is 15.0. The van der Waals surface area contributed by atoms with Crippen LogP contribution in [0.3, 0.4) is 0 Å². The molecule has 9 heteroatoms. The Labute approximate surface area is 174 Å². The third kappa shape index (κ3) is 4.43. The minimum absolute atomic E-state index is 0.0519. The van der Waals surface area contributed by atoms with Crippen molar-refractivity contribution in [1.29, 1.82) is 0 Å². The fourth-order valence-electron chi connectivity index (χ4n) is 2.61. The van der Waals surface area contributed by atoms with Crippen LogP contribution in [0.15, 0.2) is 69.5 Å². The highest BCUT2D eigenvalue weighted by Gasteiger charge is 2.19. The number of fused-ring (bicyclic) bond motifs is 1. The van der Waals surface area contributed by atoms with E-state index in [4.69, 9.17) is 4.74 Å². The molecule has 0 aliphatic heterocycles. The lowest BCUT2D eigenvalue weighted by atomic mass is 10.3. The summed E-state index contributed by atoms with van der Waals surface area (Å²) in [5, 5.41) is 0. The van der Waals surface area contributed by atoms with E-state index in [0.29, 0.717) is 17.1 Å². The summed E-state index contributed by atoms with van der Waals surface area (Å²) in [7, 11) is -2.30. The minimum atomic E-state index is -3.80. The van der Waals surface area contributed by atoms with Crippen molar-refractivity contribution >= 4 is 53.2 Å². The van der Waals surface area contributed by atoms with Gasteiger partial charge in [0.2, 0.25) is 0 Å². The standard InChI is InChI=1S/C19H17BrN2O4S2/c1-3-10-22-16-9-4-13(20)11-17(16)27-19(22)21-18(23)12-28(24,25)15-7-5-14(26-2)6-8-15/h3-9,11H,1,10,12H2,2H3. The second-order valence-corrected chi connectivity index (χ2v) is 9.75. The van der Waals surface area contributed by atoms with Crippen LogP contribution in [0, 0.1) is 0 Å². The van der Waals surface area contributed by atoms with Crippen molar-refractivity contribution in [2.75, 3.05) is 12.9 Å². The van der Waals surface area contributed by atoms with E-state index < -0.39 is 21.5 Å². The van der Waals surface area contributed by atoms with Gasteiger partial charge in [0.15, 0.2) is 14.6 Å². The molecule has 0 saturated heterocycles. The summed E-state index contributed by atoms with van der Waals surface area (Å²) in [5.41, 5.74) is 0.901. The molecular formula is C19H17BrN2O4S2. The maximum absolute atomic E-state index is 12.5. The Hall–Kier alpha value is -2.23. The van der Waals surface area contributed by atoms with Crippen molar-refractivity contribution in [2.24, 2.45) is 4.99 Å². The molecule has 2 aromatic carbocycles. The number of carbonyl (C=O) groups is 1. The van der Waals surface area contributed by atoms with Crippen LogP contribution >= 0.6 is 27.3 Å². The number of hydrogen-bond donors (Lipinski definition) is 0. The van der Waals surface area contributed by atoms with Gasteiger partial charge in [-0.05, 0) is 42.5 Å². The van der Waals surface area contributed by atoms with Gasteiger partial charge in [-0.15, -0.1) is 6.58 Å². The molecule has 0 unspecified atom stereocenters. The summed E-state index contributed by atoms with van der Waals surface area (Å²) in [6.45, 7) is 4.19. The lowest BCUT2D eigenvalue weighted by Crippen LogP contribution is -2.20. The van der Waals surface area contributed by atoms with Crippen LogP contribution in [0.1, 0.15) is 0 Å². The highest BCUT2D eigenvalue weighted by molar-refractivity contribution is 9.10. The fourth-order valence-corrected chi connectivity index (χ4v) is 5.32. The molecule has 28 heavy (non-hydrogen) atoms. The number of ether oxygens (including phenoxy) is 1. The molecular weight excluding hydrogens is 464 g/mol. The van der Waals surface area contributed by atoms with Crippen LogP contribution in [0.2, 0.25) is 0 Å². The van der Waals surface area contributed by atoms with Crippen molar-refractivity contribution in [1.82, 2.24) is 4.57 Å². The van der Waals surface area contributed by atoms with Gasteiger partial charge in [-0.25, -0.2) is 8.42 Å². The monoisotopic (exact) mass is 480 g/mol. The molecule has 6 nitrogen and oxygen atoms in total. The number of benzene rings is 2. The summed E-state index contributed by atoms with van der Waals surface area (Å²) in [4.78, 5) is 17.0. The van der Waals surface area contributed by atoms with E-state index in [0.717, 1.165) is 14.7 Å². The topological polar surface area (TPSA) is 77.7 Å². The number of thiazole rings is 1. The second kappa shape index (κ2) is 8.42. The molecule has 0 saturated carbocycles. The van der Waals surface area contributed by atoms with Gasteiger partial charge < -0.3 is 9.30 Å². The third-order valence-corrected chi connectivity index (χ3v) is 7.06. The Morgan fingerprint density at radius 1 is 1.29 bits per heavy atom. The summed E-state index contributed by atoms with van der Waals surface area (Å²) >= 11 is 4.74. The third-order valence-electron chi connectivity index (χ3n) is 3.91. The summed E-state index contributed by atoms with van der Waals surface area (Å²) < 4.78 is 33.7. The zero-order chi connectivity index (χ0) is 20.3. The molecule has 0 N–H and O–H groups in total. The number of hydrogen-bond acceptors (Lipinski definition) is 5. The molecule has 0 radical (unpaired) electrons. The molecule has 0 aliphatic carbocycles. The smallest absolute Gasteiger partial charge is 0.263 e. The molecule has 1 heterocycles. The fraction of sp³-hybridized carbons (Fsp3) is 0.158. The van der Waals surface area contributed by atoms with Gasteiger partial charge in [0, 0.05) is 11.0 Å². The first-order valence-corrected chi connectivity index (χ1v) is 11.4. The number of amides is 1. The van der Waals surface area contributed by atoms with Gasteiger partial charge in [0.25, 0.3) is 5.91 Å². The van der Waals surface area contributed by atoms with Crippen LogP contribution in [0.5, 0.6) is 5.75 Å². The first-order valence-electron chi connectivity index (χ1n) is 8.18. The van der Waals surface area contributed by atoms with Gasteiger partial charge in [-0.1, -0.05) is 33.3 Å². The Bertz CT molecular complexity index is 1210. The molecule has 0 spiro atoms. The first-order chi connectivity index (χ1) is 13.3. The molecule has 0 aliphatic rings. The highest BCUT2D eigenvalue weighted by atomic mass is 79.9. The van der Waals surface area contributed by atoms with Gasteiger partial charge in [0.1, 0.15) is 11.5 Å². The predicted octanol–water partition coefficient (Wildman–Crippen LogP) is 3.56. The van der Waals surface area contributed by atoms with E-state index in [1.54, 1.807) is 6.08 Å². The summed E-state index contributed by atoms with van der Waals surface area (Å²) in [6.07, 6.45) is 1.70. The number of rotatable bonds is 6. The Balaban J connectivity index is 1.95. The molecule has 1 amide bonds. The molecule has 3 aromatic rings. The van der Waals surface area contributed by atoms with Gasteiger partial charge in [0.05, 0.1) is 22.2 Å². The lowest BCUT2D eigenvalue weighted by molar-refractivity contribution is -0.115. The summed E-state index contributed by atoms with van der Waals surface area (Å²) in [5.74, 6) is -0.887. The zero-order valence-corrected chi connectivity index (χ0v) is 18.2. The number of halogens is 1. The Morgan fingerprint density at radius 3 is 2.64 bits per heavy atom. The minimum Gasteiger partial charge on any atom is -0.497 e. The molecule has 146 valence electrons. The van der Waals surface area contributed by atoms with Crippen molar-refractivity contribution in [3.8, 4) is 5.75 Å². The van der Waals surface area contributed by atoms with Crippen LogP contribution in [-0.2, 0) is 21.2 Å². The molecule has 3 rings (SSSR count). The molecule has 0 fully saturated rings. The SMILES string of the molecule is C=CCn1c(=NC(=O)CS(=O)(=O)c2ccc(OC)cc2)sc2cc(Br)ccc21. The van der Waals surface area contributed by atoms with Gasteiger partial charge >= 0.3 is 0 Å². The van der Waals surface area contributed by atoms with Crippen LogP contribution in [-0.4, -0.2) is 31.8 Å². The quantitative estimate of drug-likeness (QED) is 0.505. The van der Waals surface area contributed by atoms with Gasteiger partial charge in [-0.3, -0.25) is 4.79 Å². The van der Waals surface area contributed by atoms with E-state index in [1.807, 2.05) is 22.8 Å². The van der Waals surface area contributed by atoms with Crippen molar-refractivity contribution < 1.29 is 17.9 Å². The van der Waals surface area contributed by atoms with E-state index in [1.165, 1.54) is 42.7 Å². The van der Waals surface area contributed by atoms with E-state index in [-0.39, 0.29) is 4.90 Å². The Morgan fingerprint density at radius 2 is 2.00 bits per heavy atom. The maximum Gasteiger partial charge on any atom is 0.263 e. The lowest BCUT2D eigenvalue weighted by Gasteiger charge is -2.04. The molecule has 0 atom stereocenters. The van der Waals surface area contributed by atoms with Crippen LogP contribution in [0.25, 0.3) is 10.2 Å². The van der Waals surface area contributed by atoms with E-state index >= 15 is 0 Å². The molecule has 1 aromatic heterocycles. The Kier molecular flexibility index (Phi) is 6.17. The van der Waals surface area contributed by atoms with Gasteiger partial charge in [-0.2, -0.15) is 4.99 Å². The average Bonchev–Trinajstić information content (AvgIpc) is 2.97. The van der Waals surface area contributed by atoms with Crippen molar-refractivity contribution in [3.63, 3.8) is 0 Å². The molecule has 0 bridgehead atoms.